The topological polar surface area (TPSA) is 72.2 Å². The summed E-state index contributed by atoms with van der Waals surface area (Å²) in [6.07, 6.45) is 2.37. The summed E-state index contributed by atoms with van der Waals surface area (Å²) < 4.78 is 10.9. The number of rotatable bonds is 5. The molecule has 0 aromatic carbocycles. The second-order valence-electron chi connectivity index (χ2n) is 3.56. The smallest absolute Gasteiger partial charge is 0.262 e. The summed E-state index contributed by atoms with van der Waals surface area (Å²) in [5.41, 5.74) is 6.01. The molecule has 1 amide bonds. The molecule has 0 fully saturated rings. The summed E-state index contributed by atoms with van der Waals surface area (Å²) in [4.78, 5) is 12.5. The Bertz CT molecular complexity index is 486. The van der Waals surface area contributed by atoms with Gasteiger partial charge in [0.1, 0.15) is 4.88 Å². The van der Waals surface area contributed by atoms with Crippen molar-refractivity contribution in [2.24, 2.45) is 5.73 Å². The molecule has 0 aliphatic rings. The third-order valence-corrected chi connectivity index (χ3v) is 3.87. The van der Waals surface area contributed by atoms with Gasteiger partial charge in [0, 0.05) is 34.9 Å². The number of hydrogen-bond acceptors (Lipinski definition) is 4. The third kappa shape index (κ3) is 5.00. The van der Waals surface area contributed by atoms with Crippen molar-refractivity contribution < 1.29 is 9.00 Å². The summed E-state index contributed by atoms with van der Waals surface area (Å²) in [7, 11) is -0.811. The highest BCUT2D eigenvalue weighted by Gasteiger charge is 2.10. The van der Waals surface area contributed by atoms with Crippen LogP contribution in [-0.4, -0.2) is 35.2 Å². The van der Waals surface area contributed by atoms with Gasteiger partial charge >= 0.3 is 0 Å². The average molecular weight is 284 g/mol. The maximum Gasteiger partial charge on any atom is 0.262 e. The number of nitrogens with two attached hydrogens (primary N) is 1. The lowest BCUT2D eigenvalue weighted by Crippen LogP contribution is -2.25. The molecule has 0 aliphatic heterocycles. The van der Waals surface area contributed by atoms with Crippen molar-refractivity contribution in [1.82, 2.24) is 5.32 Å². The zero-order chi connectivity index (χ0) is 13.4. The predicted octanol–water partition coefficient (Wildman–Crippen LogP) is 0.557. The van der Waals surface area contributed by atoms with Gasteiger partial charge in [0.05, 0.1) is 6.54 Å². The molecule has 0 saturated heterocycles. The molecule has 1 aromatic heterocycles. The molecule has 1 atom stereocenters. The molecule has 1 heterocycles. The van der Waals surface area contributed by atoms with Crippen LogP contribution in [0.5, 0.6) is 0 Å². The Labute approximate surface area is 113 Å². The van der Waals surface area contributed by atoms with Gasteiger partial charge in [-0.1, -0.05) is 11.8 Å². The molecule has 6 heteroatoms. The van der Waals surface area contributed by atoms with Gasteiger partial charge in [0.25, 0.3) is 5.91 Å². The zero-order valence-electron chi connectivity index (χ0n) is 10.2. The summed E-state index contributed by atoms with van der Waals surface area (Å²) >= 11 is 1.36. The number of nitrogens with one attached hydrogen (secondary N) is 1. The van der Waals surface area contributed by atoms with E-state index in [4.69, 9.17) is 5.73 Å². The molecule has 0 radical (unpaired) electrons. The average Bonchev–Trinajstić information content (AvgIpc) is 2.79. The molecule has 0 aliphatic carbocycles. The SMILES string of the molecule is CS(=O)CCCNC(=O)c1sccc1C#CCN. The first kappa shape index (κ1) is 14.9. The van der Waals surface area contributed by atoms with Crippen LogP contribution in [0.1, 0.15) is 21.7 Å². The van der Waals surface area contributed by atoms with Crippen LogP contribution in [0.4, 0.5) is 0 Å². The largest absolute Gasteiger partial charge is 0.351 e. The van der Waals surface area contributed by atoms with Gasteiger partial charge in [-0.25, -0.2) is 0 Å². The number of amides is 1. The highest BCUT2D eigenvalue weighted by Crippen LogP contribution is 2.15. The lowest BCUT2D eigenvalue weighted by Gasteiger charge is -2.03. The van der Waals surface area contributed by atoms with E-state index < -0.39 is 10.8 Å². The molecular formula is C12H16N2O2S2. The minimum Gasteiger partial charge on any atom is -0.351 e. The van der Waals surface area contributed by atoms with Gasteiger partial charge in [-0.3, -0.25) is 9.00 Å². The van der Waals surface area contributed by atoms with Crippen LogP contribution >= 0.6 is 11.3 Å². The van der Waals surface area contributed by atoms with Gasteiger partial charge in [-0.2, -0.15) is 0 Å². The Morgan fingerprint density at radius 3 is 3.06 bits per heavy atom. The van der Waals surface area contributed by atoms with E-state index in [0.29, 0.717) is 29.2 Å². The van der Waals surface area contributed by atoms with Crippen molar-refractivity contribution in [3.05, 3.63) is 21.9 Å². The fourth-order valence-corrected chi connectivity index (χ4v) is 2.60. The summed E-state index contributed by atoms with van der Waals surface area (Å²) in [5, 5.41) is 4.63. The monoisotopic (exact) mass is 284 g/mol. The first-order chi connectivity index (χ1) is 8.65. The minimum absolute atomic E-state index is 0.131. The molecule has 1 aromatic rings. The summed E-state index contributed by atoms with van der Waals surface area (Å²) in [6, 6.07) is 1.81. The first-order valence-electron chi connectivity index (χ1n) is 5.49. The van der Waals surface area contributed by atoms with Gasteiger partial charge < -0.3 is 11.1 Å². The van der Waals surface area contributed by atoms with Gasteiger partial charge in [-0.15, -0.1) is 11.3 Å². The highest BCUT2D eigenvalue weighted by molar-refractivity contribution is 7.84. The molecule has 3 N–H and O–H groups in total. The minimum atomic E-state index is -0.811. The van der Waals surface area contributed by atoms with E-state index in [2.05, 4.69) is 17.2 Å². The van der Waals surface area contributed by atoms with E-state index >= 15 is 0 Å². The highest BCUT2D eigenvalue weighted by atomic mass is 32.2. The Kier molecular flexibility index (Phi) is 6.65. The van der Waals surface area contributed by atoms with E-state index in [1.54, 1.807) is 6.26 Å². The van der Waals surface area contributed by atoms with Crippen LogP contribution in [0.3, 0.4) is 0 Å². The second-order valence-corrected chi connectivity index (χ2v) is 6.03. The Balaban J connectivity index is 2.51. The fraction of sp³-hybridized carbons (Fsp3) is 0.417. The number of hydrogen-bond donors (Lipinski definition) is 2. The lowest BCUT2D eigenvalue weighted by atomic mass is 10.2. The molecular weight excluding hydrogens is 268 g/mol. The van der Waals surface area contributed by atoms with E-state index in [-0.39, 0.29) is 12.5 Å². The van der Waals surface area contributed by atoms with Crippen LogP contribution < -0.4 is 11.1 Å². The van der Waals surface area contributed by atoms with Crippen molar-refractivity contribution in [3.63, 3.8) is 0 Å². The van der Waals surface area contributed by atoms with E-state index in [0.717, 1.165) is 0 Å². The molecule has 98 valence electrons. The molecule has 0 saturated carbocycles. The Morgan fingerprint density at radius 2 is 2.39 bits per heavy atom. The maximum absolute atomic E-state index is 11.9. The molecule has 1 rings (SSSR count). The van der Waals surface area contributed by atoms with Gasteiger partial charge in [-0.05, 0) is 17.9 Å². The normalized spacial score (nSPS) is 11.4. The summed E-state index contributed by atoms with van der Waals surface area (Å²) in [5.74, 6) is 6.07. The van der Waals surface area contributed by atoms with E-state index in [1.165, 1.54) is 11.3 Å². The standard InChI is InChI=1S/C12H16N2O2S2/c1-18(16)9-3-7-14-12(15)11-10(4-2-6-13)5-8-17-11/h5,8H,3,6-7,9,13H2,1H3,(H,14,15). The van der Waals surface area contributed by atoms with Crippen molar-refractivity contribution in [3.8, 4) is 11.8 Å². The van der Waals surface area contributed by atoms with Crippen LogP contribution in [-0.2, 0) is 10.8 Å². The van der Waals surface area contributed by atoms with E-state index in [9.17, 15) is 9.00 Å². The molecule has 0 bridgehead atoms. The van der Waals surface area contributed by atoms with Crippen LogP contribution in [0.25, 0.3) is 0 Å². The van der Waals surface area contributed by atoms with Crippen LogP contribution in [0.15, 0.2) is 11.4 Å². The molecule has 4 nitrogen and oxygen atoms in total. The van der Waals surface area contributed by atoms with Crippen LogP contribution in [0.2, 0.25) is 0 Å². The van der Waals surface area contributed by atoms with Crippen LogP contribution in [0, 0.1) is 11.8 Å². The fourth-order valence-electron chi connectivity index (χ4n) is 1.29. The maximum atomic E-state index is 11.9. The van der Waals surface area contributed by atoms with Crippen molar-refractivity contribution in [1.29, 1.82) is 0 Å². The van der Waals surface area contributed by atoms with Gasteiger partial charge in [0.15, 0.2) is 0 Å². The zero-order valence-corrected chi connectivity index (χ0v) is 11.8. The van der Waals surface area contributed by atoms with Crippen molar-refractivity contribution >= 4 is 28.0 Å². The third-order valence-electron chi connectivity index (χ3n) is 2.09. The Hall–Kier alpha value is -1.16. The molecule has 0 spiro atoms. The lowest BCUT2D eigenvalue weighted by molar-refractivity contribution is 0.0957. The number of carbonyl (C=O) groups excluding carboxylic acids is 1. The Morgan fingerprint density at radius 1 is 1.61 bits per heavy atom. The van der Waals surface area contributed by atoms with E-state index in [1.807, 2.05) is 11.4 Å². The van der Waals surface area contributed by atoms with Gasteiger partial charge in [0.2, 0.25) is 0 Å². The number of carbonyl (C=O) groups is 1. The molecule has 18 heavy (non-hydrogen) atoms. The number of thiophene rings is 1. The van der Waals surface area contributed by atoms with Crippen molar-refractivity contribution in [2.45, 2.75) is 6.42 Å². The van der Waals surface area contributed by atoms with Crippen molar-refractivity contribution in [2.75, 3.05) is 25.1 Å². The quantitative estimate of drug-likeness (QED) is 0.613. The molecule has 1 unspecified atom stereocenters. The first-order valence-corrected chi connectivity index (χ1v) is 8.10. The summed E-state index contributed by atoms with van der Waals surface area (Å²) in [6.45, 7) is 0.805. The second kappa shape index (κ2) is 8.03. The predicted molar refractivity (Wildman–Crippen MR) is 76.1 cm³/mol.